The molecule has 0 unspecified atom stereocenters. The summed E-state index contributed by atoms with van der Waals surface area (Å²) in [7, 11) is 0. The number of nitrogens with zero attached hydrogens (tertiary/aromatic N) is 7. The minimum atomic E-state index is -1.38. The van der Waals surface area contributed by atoms with Crippen LogP contribution in [0.5, 0.6) is 6.01 Å². The van der Waals surface area contributed by atoms with Gasteiger partial charge in [0.15, 0.2) is 11.3 Å². The largest absolute Gasteiger partial charge is 0.465 e. The molecular formula is C26H35FN8O. The zero-order chi connectivity index (χ0) is 25.1. The summed E-state index contributed by atoms with van der Waals surface area (Å²) >= 11 is 0. The number of halogens is 1. The summed E-state index contributed by atoms with van der Waals surface area (Å²) in [6.45, 7) is 10.5. The molecule has 0 aliphatic carbocycles. The lowest BCUT2D eigenvalue weighted by Crippen LogP contribution is -2.47. The first-order valence-electron chi connectivity index (χ1n) is 12.8. The highest BCUT2D eigenvalue weighted by molar-refractivity contribution is 5.72. The van der Waals surface area contributed by atoms with Gasteiger partial charge in [-0.15, -0.1) is 0 Å². The average Bonchev–Trinajstić information content (AvgIpc) is 3.28. The van der Waals surface area contributed by atoms with Crippen molar-refractivity contribution in [1.29, 1.82) is 0 Å². The number of rotatable bonds is 8. The fourth-order valence-electron chi connectivity index (χ4n) is 5.27. The first-order valence-corrected chi connectivity index (χ1v) is 12.8. The molecule has 0 spiro atoms. The summed E-state index contributed by atoms with van der Waals surface area (Å²) in [5.41, 5.74) is 7.49. The van der Waals surface area contributed by atoms with Crippen molar-refractivity contribution in [2.24, 2.45) is 0 Å². The summed E-state index contributed by atoms with van der Waals surface area (Å²) < 4.78 is 24.1. The van der Waals surface area contributed by atoms with Crippen LogP contribution in [0.25, 0.3) is 11.2 Å². The number of alkyl halides is 1. The van der Waals surface area contributed by atoms with Crippen molar-refractivity contribution in [3.05, 3.63) is 48.6 Å². The molecule has 0 radical (unpaired) electrons. The predicted octanol–water partition coefficient (Wildman–Crippen LogP) is 3.75. The fourth-order valence-corrected chi connectivity index (χ4v) is 5.27. The Balaban J connectivity index is 1.19. The van der Waals surface area contributed by atoms with Crippen molar-refractivity contribution in [2.75, 3.05) is 38.5 Å². The van der Waals surface area contributed by atoms with Crippen LogP contribution in [0.1, 0.15) is 50.6 Å². The molecule has 9 nitrogen and oxygen atoms in total. The second kappa shape index (κ2) is 10.4. The first kappa shape index (κ1) is 24.4. The summed E-state index contributed by atoms with van der Waals surface area (Å²) in [5.74, 6) is 0.266. The SMILES string of the molecule is C=C(N1CCC(n2c(OCCC)nc3cccnc32)CC1)C1(F)CCN(Cc2cnc(N)nc2)CC1. The van der Waals surface area contributed by atoms with Crippen LogP contribution >= 0.6 is 0 Å². The van der Waals surface area contributed by atoms with Gasteiger partial charge in [-0.1, -0.05) is 13.5 Å². The molecule has 5 rings (SSSR count). The van der Waals surface area contributed by atoms with Crippen LogP contribution in [0.15, 0.2) is 43.0 Å². The minimum absolute atomic E-state index is 0.209. The maximum absolute atomic E-state index is 16.0. The lowest BCUT2D eigenvalue weighted by molar-refractivity contribution is 0.0518. The number of fused-ring (bicyclic) bond motifs is 1. The molecule has 10 heteroatoms. The van der Waals surface area contributed by atoms with E-state index in [4.69, 9.17) is 10.5 Å². The Morgan fingerprint density at radius 2 is 1.89 bits per heavy atom. The monoisotopic (exact) mass is 494 g/mol. The second-order valence-electron chi connectivity index (χ2n) is 9.81. The maximum Gasteiger partial charge on any atom is 0.298 e. The van der Waals surface area contributed by atoms with Crippen LogP contribution in [-0.2, 0) is 6.54 Å². The zero-order valence-corrected chi connectivity index (χ0v) is 20.9. The van der Waals surface area contributed by atoms with Crippen LogP contribution < -0.4 is 10.5 Å². The van der Waals surface area contributed by atoms with Gasteiger partial charge in [-0.2, -0.15) is 4.98 Å². The van der Waals surface area contributed by atoms with E-state index in [1.807, 2.05) is 12.1 Å². The van der Waals surface area contributed by atoms with Gasteiger partial charge in [-0.25, -0.2) is 19.3 Å². The van der Waals surface area contributed by atoms with Gasteiger partial charge >= 0.3 is 0 Å². The number of hydrogen-bond donors (Lipinski definition) is 1. The lowest BCUT2D eigenvalue weighted by Gasteiger charge is -2.43. The Kier molecular flexibility index (Phi) is 7.04. The first-order chi connectivity index (χ1) is 17.5. The molecule has 3 aromatic rings. The van der Waals surface area contributed by atoms with E-state index < -0.39 is 5.67 Å². The van der Waals surface area contributed by atoms with Gasteiger partial charge in [0, 0.05) is 68.6 Å². The number of likely N-dealkylation sites (tertiary alicyclic amines) is 2. The van der Waals surface area contributed by atoms with E-state index in [-0.39, 0.29) is 12.0 Å². The third kappa shape index (κ3) is 5.00. The van der Waals surface area contributed by atoms with E-state index >= 15 is 4.39 Å². The number of anilines is 1. The van der Waals surface area contributed by atoms with E-state index in [1.165, 1.54) is 0 Å². The maximum atomic E-state index is 16.0. The molecule has 2 fully saturated rings. The zero-order valence-electron chi connectivity index (χ0n) is 20.9. The number of allylic oxidation sites excluding steroid dienone is 1. The average molecular weight is 495 g/mol. The molecule has 2 N–H and O–H groups in total. The van der Waals surface area contributed by atoms with Crippen molar-refractivity contribution < 1.29 is 9.13 Å². The van der Waals surface area contributed by atoms with Crippen molar-refractivity contribution >= 4 is 17.1 Å². The van der Waals surface area contributed by atoms with E-state index in [2.05, 4.69) is 47.8 Å². The molecule has 2 aliphatic heterocycles. The summed E-state index contributed by atoms with van der Waals surface area (Å²) in [6, 6.07) is 4.70. The van der Waals surface area contributed by atoms with Gasteiger partial charge < -0.3 is 15.4 Å². The molecule has 0 atom stereocenters. The van der Waals surface area contributed by atoms with Crippen LogP contribution in [0.2, 0.25) is 0 Å². The molecule has 2 aliphatic rings. The number of pyridine rings is 1. The van der Waals surface area contributed by atoms with Gasteiger partial charge in [-0.05, 0) is 44.2 Å². The molecule has 3 aromatic heterocycles. The third-order valence-electron chi connectivity index (χ3n) is 7.36. The number of nitrogens with two attached hydrogens (primary N) is 1. The smallest absolute Gasteiger partial charge is 0.298 e. The normalized spacial score (nSPS) is 19.0. The number of nitrogen functional groups attached to an aromatic ring is 1. The molecule has 0 saturated carbocycles. The Hall–Kier alpha value is -3.27. The summed E-state index contributed by atoms with van der Waals surface area (Å²) in [5, 5.41) is 0. The van der Waals surface area contributed by atoms with Gasteiger partial charge in [-0.3, -0.25) is 9.47 Å². The molecule has 0 aromatic carbocycles. The number of ether oxygens (including phenoxy) is 1. The van der Waals surface area contributed by atoms with Crippen LogP contribution in [0.3, 0.4) is 0 Å². The van der Waals surface area contributed by atoms with E-state index in [0.29, 0.717) is 50.8 Å². The molecule has 0 amide bonds. The minimum Gasteiger partial charge on any atom is -0.465 e. The van der Waals surface area contributed by atoms with Gasteiger partial charge in [0.25, 0.3) is 6.01 Å². The van der Waals surface area contributed by atoms with Gasteiger partial charge in [0.05, 0.1) is 6.61 Å². The molecule has 5 heterocycles. The van der Waals surface area contributed by atoms with Crippen molar-refractivity contribution in [2.45, 2.75) is 57.3 Å². The number of imidazole rings is 1. The van der Waals surface area contributed by atoms with Crippen molar-refractivity contribution in [3.8, 4) is 6.01 Å². The predicted molar refractivity (Wildman–Crippen MR) is 137 cm³/mol. The van der Waals surface area contributed by atoms with Crippen LogP contribution in [0, 0.1) is 0 Å². The molecule has 36 heavy (non-hydrogen) atoms. The standard InChI is InChI=1S/C26H35FN8O/c1-3-15-36-25-32-22-5-4-10-29-23(22)35(25)21-6-11-34(12-7-21)19(2)26(27)8-13-33(14-9-26)18-20-16-30-24(28)31-17-20/h4-5,10,16-17,21H,2-3,6-9,11-15,18H2,1H3,(H2,28,30,31). The van der Waals surface area contributed by atoms with E-state index in [9.17, 15) is 0 Å². The molecule has 0 bridgehead atoms. The number of aromatic nitrogens is 5. The fraction of sp³-hybridized carbons (Fsp3) is 0.538. The Morgan fingerprint density at radius 3 is 2.58 bits per heavy atom. The Labute approximate surface area is 211 Å². The highest BCUT2D eigenvalue weighted by Crippen LogP contribution is 2.38. The highest BCUT2D eigenvalue weighted by Gasteiger charge is 2.40. The van der Waals surface area contributed by atoms with Gasteiger partial charge in [0.1, 0.15) is 5.52 Å². The van der Waals surface area contributed by atoms with E-state index in [0.717, 1.165) is 49.1 Å². The van der Waals surface area contributed by atoms with Gasteiger partial charge in [0.2, 0.25) is 5.95 Å². The molecular weight excluding hydrogens is 459 g/mol. The molecule has 2 saturated heterocycles. The second-order valence-corrected chi connectivity index (χ2v) is 9.81. The topological polar surface area (TPSA) is 98.2 Å². The Bertz CT molecular complexity index is 1180. The van der Waals surface area contributed by atoms with Crippen molar-refractivity contribution in [3.63, 3.8) is 0 Å². The van der Waals surface area contributed by atoms with Crippen molar-refractivity contribution in [1.82, 2.24) is 34.3 Å². The summed E-state index contributed by atoms with van der Waals surface area (Å²) in [6.07, 6.45) is 8.78. The quantitative estimate of drug-likeness (QED) is 0.506. The number of hydrogen-bond acceptors (Lipinski definition) is 8. The lowest BCUT2D eigenvalue weighted by atomic mass is 9.88. The van der Waals surface area contributed by atoms with Crippen LogP contribution in [-0.4, -0.2) is 72.8 Å². The number of piperidine rings is 2. The Morgan fingerprint density at radius 1 is 1.17 bits per heavy atom. The third-order valence-corrected chi connectivity index (χ3v) is 7.36. The highest BCUT2D eigenvalue weighted by atomic mass is 19.1. The molecule has 192 valence electrons. The van der Waals surface area contributed by atoms with E-state index in [1.54, 1.807) is 18.6 Å². The summed E-state index contributed by atoms with van der Waals surface area (Å²) in [4.78, 5) is 21.7. The van der Waals surface area contributed by atoms with Crippen LogP contribution in [0.4, 0.5) is 10.3 Å².